The molecule has 0 spiro atoms. The van der Waals surface area contributed by atoms with Gasteiger partial charge in [-0.15, -0.1) is 11.3 Å². The van der Waals surface area contributed by atoms with Crippen LogP contribution < -0.4 is 0 Å². The molecule has 146 heavy (non-hydrogen) atoms. The summed E-state index contributed by atoms with van der Waals surface area (Å²) in [5, 5.41) is 5.21. The summed E-state index contributed by atoms with van der Waals surface area (Å²) < 4.78 is 8.99. The Bertz CT molecular complexity index is 8380. The summed E-state index contributed by atoms with van der Waals surface area (Å²) in [6.07, 6.45) is 8.65. The van der Waals surface area contributed by atoms with Crippen molar-refractivity contribution in [2.24, 2.45) is 0 Å². The Hall–Kier alpha value is -15.6. The molecule has 0 fully saturated rings. The molecule has 2 aromatic heterocycles. The molecule has 0 atom stereocenters. The number of aryl methyl sites for hydroxylation is 8. The van der Waals surface area contributed by atoms with Crippen LogP contribution in [0, 0.1) is 55.4 Å². The van der Waals surface area contributed by atoms with Crippen molar-refractivity contribution in [1.82, 2.24) is 0 Å². The van der Waals surface area contributed by atoms with E-state index < -0.39 is 0 Å². The molecule has 0 unspecified atom stereocenters. The Morgan fingerprint density at radius 3 is 1.01 bits per heavy atom. The van der Waals surface area contributed by atoms with Crippen molar-refractivity contribution in [3.05, 3.63) is 545 Å². The Labute approximate surface area is 866 Å². The fraction of sp³-hybridized carbons (Fsp3) is 0.167. The van der Waals surface area contributed by atoms with E-state index in [0.717, 1.165) is 62.5 Å². The molecule has 0 bridgehead atoms. The standard InChI is InChI=1S/C25H18.C21H26.C19H12O.C19H12S.C17H18.2C15H14.C13H10/c1-3-7-18(8-4-1)20-11-13-22-15-23-14-12-21(17-25(23)24(22)16-20)19-9-5-2-6-10-19;1-20(2,3)16-9-7-14-11-15-8-10-17(21(4,5)6)13-19(15)18(14)12-16;2*1-2-6-14-12(5-1)11-13-9-10-16-15-7-3-4-8-17(15)20-19(16)18(13)14;1-10-5-12(3)14-9-15-13(4)6-11(2)8-17(15)16(14)7-10;1-10-3-5-12-9-13-6-4-11(2)8-15(13)14(12)7-10;1-10-5-3-7-12-13-8-4-6-11(2)15(13)9-14(10)12;1-3-7-12-10(5-1)9-11-6-2-4-8-13(11)12/h1-14,16-17H,15H2;7-10,12-13H,11H2,1-6H3;2*1-10H,11H2;5-8H,9H2,1-4H3;2*3-8H,9H2,1-2H3;1-8H,9H2. The van der Waals surface area contributed by atoms with E-state index in [0.29, 0.717) is 0 Å². The predicted octanol–water partition coefficient (Wildman–Crippen LogP) is 38.7. The second-order valence-electron chi connectivity index (χ2n) is 43.7. The van der Waals surface area contributed by atoms with Gasteiger partial charge in [-0.1, -0.05) is 440 Å². The Morgan fingerprint density at radius 2 is 0.534 bits per heavy atom. The van der Waals surface area contributed by atoms with E-state index in [4.69, 9.17) is 4.42 Å². The molecule has 2 heterocycles. The van der Waals surface area contributed by atoms with Crippen LogP contribution in [0.3, 0.4) is 0 Å². The SMILES string of the molecule is CC(C)(C)c1ccc2c(c1)-c1cc(C(C)(C)C)ccc1C2.Cc1cc(C)c2c(c1)-c1cc(C)cc(C)c1C2.Cc1ccc2c(c1)-c1cc(C)ccc1C2.Cc1cccc2c1Cc1c(C)cccc1-2.c1ccc(-c2ccc3c(c2)-c2cc(-c4ccccc4)ccc2C3)cc1.c1ccc2c(c1)Cc1ccc3c(oc4ccccc43)c1-2.c1ccc2c(c1)Cc1ccc3c(sc4ccccc43)c1-2.c1ccc2c(c1)Cc1ccccc1-2. The van der Waals surface area contributed by atoms with E-state index in [2.05, 4.69) is 485 Å². The summed E-state index contributed by atoms with van der Waals surface area (Å²) in [5.41, 5.74) is 67.7. The lowest BCUT2D eigenvalue weighted by Gasteiger charge is -2.21. The summed E-state index contributed by atoms with van der Waals surface area (Å²) in [6, 6.07) is 146. The maximum atomic E-state index is 6.15. The maximum Gasteiger partial charge on any atom is 0.143 e. The molecule has 0 saturated heterocycles. The Balaban J connectivity index is 0.0000000927. The van der Waals surface area contributed by atoms with Gasteiger partial charge in [0.1, 0.15) is 11.2 Å². The van der Waals surface area contributed by atoms with Crippen LogP contribution in [0.1, 0.15) is 186 Å². The van der Waals surface area contributed by atoms with Crippen LogP contribution >= 0.6 is 11.3 Å². The molecular weight excluding hydrogens is 1780 g/mol. The average Bonchev–Trinajstić information content (AvgIpc) is 1.58. The van der Waals surface area contributed by atoms with Crippen LogP contribution in [0.25, 0.3) is 153 Å². The second-order valence-corrected chi connectivity index (χ2v) is 44.7. The van der Waals surface area contributed by atoms with Crippen molar-refractivity contribution < 1.29 is 4.42 Å². The Kier molecular flexibility index (Phi) is 25.0. The molecule has 8 aliphatic rings. The van der Waals surface area contributed by atoms with Crippen LogP contribution in [0.2, 0.25) is 0 Å². The highest BCUT2D eigenvalue weighted by molar-refractivity contribution is 7.26. The van der Waals surface area contributed by atoms with E-state index in [1.807, 2.05) is 23.5 Å². The highest BCUT2D eigenvalue weighted by Gasteiger charge is 2.31. The van der Waals surface area contributed by atoms with Gasteiger partial charge in [-0.2, -0.15) is 0 Å². The van der Waals surface area contributed by atoms with Gasteiger partial charge in [0.15, 0.2) is 0 Å². The van der Waals surface area contributed by atoms with Gasteiger partial charge in [-0.05, 0) is 364 Å². The number of benzene rings is 20. The molecule has 712 valence electrons. The summed E-state index contributed by atoms with van der Waals surface area (Å²) in [6.45, 7) is 31.3. The molecule has 0 aliphatic heterocycles. The van der Waals surface area contributed by atoms with Crippen molar-refractivity contribution in [1.29, 1.82) is 0 Å². The first-order valence-electron chi connectivity index (χ1n) is 52.3. The molecule has 20 aromatic carbocycles. The first-order chi connectivity index (χ1) is 70.9. The van der Waals surface area contributed by atoms with Crippen molar-refractivity contribution in [2.45, 2.75) is 159 Å². The van der Waals surface area contributed by atoms with E-state index in [1.54, 1.807) is 0 Å². The van der Waals surface area contributed by atoms with Crippen LogP contribution in [-0.2, 0) is 62.2 Å². The van der Waals surface area contributed by atoms with Gasteiger partial charge in [0.2, 0.25) is 0 Å². The molecule has 0 N–H and O–H groups in total. The van der Waals surface area contributed by atoms with Crippen molar-refractivity contribution in [2.75, 3.05) is 0 Å². The fourth-order valence-corrected chi connectivity index (χ4v) is 25.1. The zero-order chi connectivity index (χ0) is 99.9. The molecular formula is C144H124OS. The molecule has 8 aliphatic carbocycles. The number of furan rings is 1. The summed E-state index contributed by atoms with van der Waals surface area (Å²) in [7, 11) is 0. The predicted molar refractivity (Wildman–Crippen MR) is 624 cm³/mol. The van der Waals surface area contributed by atoms with Gasteiger partial charge in [0.05, 0.1) is 0 Å². The second kappa shape index (κ2) is 38.8. The normalized spacial score (nSPS) is 12.6. The van der Waals surface area contributed by atoms with Gasteiger partial charge in [0.25, 0.3) is 0 Å². The fourth-order valence-electron chi connectivity index (χ4n) is 23.8. The summed E-state index contributed by atoms with van der Waals surface area (Å²) in [4.78, 5) is 0. The van der Waals surface area contributed by atoms with E-state index in [1.165, 1.54) is 287 Å². The number of fused-ring (bicyclic) bond motifs is 32. The third kappa shape index (κ3) is 18.2. The monoisotopic (exact) mass is 1900 g/mol. The number of hydrogen-bond acceptors (Lipinski definition) is 2. The van der Waals surface area contributed by atoms with Gasteiger partial charge in [-0.3, -0.25) is 0 Å². The minimum absolute atomic E-state index is 0.208. The maximum absolute atomic E-state index is 6.15. The number of hydrogen-bond donors (Lipinski definition) is 0. The smallest absolute Gasteiger partial charge is 0.143 e. The first-order valence-corrected chi connectivity index (χ1v) is 53.1. The highest BCUT2D eigenvalue weighted by Crippen LogP contribution is 2.51. The zero-order valence-corrected chi connectivity index (χ0v) is 87.4. The molecule has 0 saturated carbocycles. The van der Waals surface area contributed by atoms with Gasteiger partial charge in [0, 0.05) is 42.1 Å². The summed E-state index contributed by atoms with van der Waals surface area (Å²) in [5.74, 6) is 0. The minimum Gasteiger partial charge on any atom is -0.455 e. The lowest BCUT2D eigenvalue weighted by Crippen LogP contribution is -2.11. The third-order valence-electron chi connectivity index (χ3n) is 31.6. The zero-order valence-electron chi connectivity index (χ0n) is 86.6. The first kappa shape index (κ1) is 94.0. The van der Waals surface area contributed by atoms with E-state index in [9.17, 15) is 0 Å². The lowest BCUT2D eigenvalue weighted by atomic mass is 9.83. The summed E-state index contributed by atoms with van der Waals surface area (Å²) >= 11 is 1.93. The quantitative estimate of drug-likeness (QED) is 0.168. The average molecular weight is 1900 g/mol. The molecule has 2 heteroatoms. The molecule has 0 radical (unpaired) electrons. The van der Waals surface area contributed by atoms with Crippen LogP contribution in [0.4, 0.5) is 0 Å². The third-order valence-corrected chi connectivity index (χ3v) is 32.8. The number of rotatable bonds is 2. The molecule has 0 amide bonds. The minimum atomic E-state index is 0.208. The topological polar surface area (TPSA) is 13.1 Å². The van der Waals surface area contributed by atoms with Gasteiger partial charge in [-0.25, -0.2) is 0 Å². The van der Waals surface area contributed by atoms with Crippen molar-refractivity contribution >= 4 is 53.4 Å². The van der Waals surface area contributed by atoms with Crippen LogP contribution in [0.5, 0.6) is 0 Å². The number of thiophene rings is 1. The van der Waals surface area contributed by atoms with Gasteiger partial charge >= 0.3 is 0 Å². The lowest BCUT2D eigenvalue weighted by molar-refractivity contribution is 0.589. The van der Waals surface area contributed by atoms with Crippen molar-refractivity contribution in [3.63, 3.8) is 0 Å². The van der Waals surface area contributed by atoms with Gasteiger partial charge < -0.3 is 4.42 Å². The molecule has 22 aromatic rings. The van der Waals surface area contributed by atoms with Crippen LogP contribution in [0.15, 0.2) is 405 Å². The largest absolute Gasteiger partial charge is 0.455 e. The highest BCUT2D eigenvalue weighted by atomic mass is 32.1. The van der Waals surface area contributed by atoms with Crippen molar-refractivity contribution in [3.8, 4) is 111 Å². The van der Waals surface area contributed by atoms with E-state index >= 15 is 0 Å². The molecule has 30 rings (SSSR count). The van der Waals surface area contributed by atoms with E-state index in [-0.39, 0.29) is 10.8 Å². The van der Waals surface area contributed by atoms with Crippen LogP contribution in [-0.4, -0.2) is 0 Å². The number of para-hydroxylation sites is 1. The Morgan fingerprint density at radius 1 is 0.199 bits per heavy atom. The molecule has 1 nitrogen and oxygen atoms in total.